The van der Waals surface area contributed by atoms with Crippen LogP contribution in [0.3, 0.4) is 0 Å². The van der Waals surface area contributed by atoms with E-state index in [9.17, 15) is 0 Å². The van der Waals surface area contributed by atoms with Gasteiger partial charge in [-0.05, 0) is 0 Å². The van der Waals surface area contributed by atoms with Crippen molar-refractivity contribution in [3.05, 3.63) is 48.6 Å². The number of rotatable bonds is 0. The molecule has 1 saturated heterocycles. The van der Waals surface area contributed by atoms with E-state index in [1.165, 1.54) is 0 Å². The van der Waals surface area contributed by atoms with Gasteiger partial charge in [0.1, 0.15) is 0 Å². The maximum atomic E-state index is 2.77. The zero-order chi connectivity index (χ0) is 14.9. The maximum absolute atomic E-state index is 2.77. The zero-order valence-corrected chi connectivity index (χ0v) is 17.1. The second-order valence-corrected chi connectivity index (χ2v) is 18.0. The Bertz CT molecular complexity index is 549. The molecule has 0 aromatic heterocycles. The minimum absolute atomic E-state index is 0.302. The summed E-state index contributed by atoms with van der Waals surface area (Å²) in [6.45, 7) is 5.55. The normalized spacial score (nSPS) is 52.6. The molecule has 0 aromatic carbocycles. The number of allylic oxidation sites excluding steroid dienone is 8. The van der Waals surface area contributed by atoms with Crippen LogP contribution in [0.2, 0.25) is 31.4 Å². The topological polar surface area (TPSA) is 0 Å². The van der Waals surface area contributed by atoms with Gasteiger partial charge in [-0.2, -0.15) is 0 Å². The van der Waals surface area contributed by atoms with Gasteiger partial charge in [0.25, 0.3) is 0 Å². The summed E-state index contributed by atoms with van der Waals surface area (Å²) in [5.74, 6) is 3.70. The Hall–Kier alpha value is 0.0600. The van der Waals surface area contributed by atoms with E-state index in [-0.39, 0.29) is 23.2 Å². The van der Waals surface area contributed by atoms with E-state index in [0.717, 1.165) is 42.0 Å². The number of fused-ring (bicyclic) bond motifs is 6. The van der Waals surface area contributed by atoms with Gasteiger partial charge < -0.3 is 0 Å². The standard InChI is InChI=1S/C20H26Si.Zr/c1-21(2,19-11-15-7-3-4-8-16(15)12-19)20-13-17-9-5-6-10-18(17)14-20;/h3-11,13,15-20H,12,14H2,1-2H3;. The van der Waals surface area contributed by atoms with Gasteiger partial charge in [0, 0.05) is 0 Å². The number of hydrogen-bond donors (Lipinski definition) is 0. The van der Waals surface area contributed by atoms with Gasteiger partial charge in [0.15, 0.2) is 0 Å². The third-order valence-electron chi connectivity index (χ3n) is 7.64. The van der Waals surface area contributed by atoms with Crippen molar-refractivity contribution in [1.29, 1.82) is 0 Å². The molecule has 4 aliphatic carbocycles. The Morgan fingerprint density at radius 1 is 0.727 bits per heavy atom. The molecule has 2 heteroatoms. The molecule has 8 atom stereocenters. The van der Waals surface area contributed by atoms with E-state index in [1.807, 2.05) is 0 Å². The van der Waals surface area contributed by atoms with E-state index >= 15 is 0 Å². The van der Waals surface area contributed by atoms with Crippen LogP contribution in [0.15, 0.2) is 48.6 Å². The molecule has 22 heavy (non-hydrogen) atoms. The van der Waals surface area contributed by atoms with Crippen molar-refractivity contribution in [3.63, 3.8) is 0 Å². The molecule has 0 nitrogen and oxygen atoms in total. The molecule has 0 bridgehead atoms. The van der Waals surface area contributed by atoms with Crippen LogP contribution in [-0.2, 0) is 23.2 Å². The monoisotopic (exact) mass is 384 g/mol. The minimum atomic E-state index is -1.12. The van der Waals surface area contributed by atoms with Gasteiger partial charge in [-0.25, -0.2) is 0 Å². The fourth-order valence-corrected chi connectivity index (χ4v) is 24.3. The summed E-state index contributed by atoms with van der Waals surface area (Å²) in [6, 6.07) is 0. The first-order valence-corrected chi connectivity index (χ1v) is 15.1. The summed E-state index contributed by atoms with van der Waals surface area (Å²) in [6.07, 6.45) is 22.7. The quantitative estimate of drug-likeness (QED) is 0.474. The summed E-state index contributed by atoms with van der Waals surface area (Å²) in [5, 5.41) is 0. The fraction of sp³-hybridized carbons (Fsp3) is 0.600. The Labute approximate surface area is 147 Å². The third-order valence-corrected chi connectivity index (χ3v) is 20.1. The van der Waals surface area contributed by atoms with Crippen LogP contribution in [0, 0.1) is 23.7 Å². The van der Waals surface area contributed by atoms with Crippen molar-refractivity contribution in [3.8, 4) is 0 Å². The SMILES string of the molecule is C[Si]1(C)C2CC3C=CC=CC3[CH]2[Zr][CH]2C3C=CC=CC3CC21. The van der Waals surface area contributed by atoms with Crippen LogP contribution < -0.4 is 0 Å². The molecule has 0 aromatic rings. The summed E-state index contributed by atoms with van der Waals surface area (Å²) in [5.41, 5.74) is 2.30. The molecular formula is C20H26SiZr. The second-order valence-electron chi connectivity index (χ2n) is 8.75. The van der Waals surface area contributed by atoms with Gasteiger partial charge in [-0.15, -0.1) is 0 Å². The molecule has 3 fully saturated rings. The van der Waals surface area contributed by atoms with E-state index < -0.39 is 8.07 Å². The summed E-state index contributed by atoms with van der Waals surface area (Å²) >= 11 is -0.302. The number of hydrogen-bond acceptors (Lipinski definition) is 0. The van der Waals surface area contributed by atoms with E-state index in [2.05, 4.69) is 61.7 Å². The van der Waals surface area contributed by atoms with Gasteiger partial charge in [-0.1, -0.05) is 0 Å². The van der Waals surface area contributed by atoms with E-state index in [1.54, 1.807) is 12.8 Å². The summed E-state index contributed by atoms with van der Waals surface area (Å²) in [7, 11) is -1.12. The van der Waals surface area contributed by atoms with Crippen LogP contribution >= 0.6 is 0 Å². The summed E-state index contributed by atoms with van der Waals surface area (Å²) < 4.78 is 2.33. The first-order chi connectivity index (χ1) is 10.7. The molecule has 114 valence electrons. The molecule has 8 unspecified atom stereocenters. The second kappa shape index (κ2) is 5.03. The van der Waals surface area contributed by atoms with Crippen LogP contribution in [0.5, 0.6) is 0 Å². The van der Waals surface area contributed by atoms with Gasteiger partial charge >= 0.3 is 148 Å². The molecule has 0 amide bonds. The Balaban J connectivity index is 1.52. The molecule has 5 aliphatic rings. The first kappa shape index (κ1) is 14.4. The van der Waals surface area contributed by atoms with Crippen LogP contribution in [0.1, 0.15) is 12.8 Å². The van der Waals surface area contributed by atoms with Crippen molar-refractivity contribution < 1.29 is 23.2 Å². The Morgan fingerprint density at radius 3 is 1.68 bits per heavy atom. The fourth-order valence-electron chi connectivity index (χ4n) is 6.49. The average Bonchev–Trinajstić information content (AvgIpc) is 3.08. The predicted octanol–water partition coefficient (Wildman–Crippen LogP) is 5.63. The van der Waals surface area contributed by atoms with Gasteiger partial charge in [0.2, 0.25) is 0 Å². The molecular weight excluding hydrogens is 360 g/mol. The van der Waals surface area contributed by atoms with Gasteiger partial charge in [-0.3, -0.25) is 0 Å². The first-order valence-electron chi connectivity index (χ1n) is 9.12. The average molecular weight is 386 g/mol. The zero-order valence-electron chi connectivity index (χ0n) is 13.7. The van der Waals surface area contributed by atoms with E-state index in [4.69, 9.17) is 0 Å². The molecule has 0 N–H and O–H groups in total. The van der Waals surface area contributed by atoms with Crippen LogP contribution in [-0.4, -0.2) is 8.07 Å². The van der Waals surface area contributed by atoms with Crippen LogP contribution in [0.4, 0.5) is 0 Å². The van der Waals surface area contributed by atoms with Crippen LogP contribution in [0.25, 0.3) is 0 Å². The van der Waals surface area contributed by atoms with Gasteiger partial charge in [0.05, 0.1) is 0 Å². The van der Waals surface area contributed by atoms with E-state index in [0.29, 0.717) is 0 Å². The molecule has 2 saturated carbocycles. The third kappa shape index (κ3) is 1.89. The Kier molecular flexibility index (Phi) is 3.29. The van der Waals surface area contributed by atoms with Crippen molar-refractivity contribution in [2.45, 2.75) is 44.3 Å². The van der Waals surface area contributed by atoms with Crippen molar-refractivity contribution in [1.82, 2.24) is 0 Å². The van der Waals surface area contributed by atoms with Crippen molar-refractivity contribution >= 4 is 8.07 Å². The van der Waals surface area contributed by atoms with Crippen molar-refractivity contribution in [2.75, 3.05) is 0 Å². The van der Waals surface area contributed by atoms with Crippen molar-refractivity contribution in [2.24, 2.45) is 23.7 Å². The predicted molar refractivity (Wildman–Crippen MR) is 92.2 cm³/mol. The molecule has 0 spiro atoms. The molecule has 1 heterocycles. The molecule has 5 rings (SSSR count). The molecule has 0 radical (unpaired) electrons. The molecule has 1 aliphatic heterocycles. The Morgan fingerprint density at radius 2 is 1.18 bits per heavy atom. The summed E-state index contributed by atoms with van der Waals surface area (Å²) in [4.78, 5) is 0.